The molecule has 3 aliphatic rings. The zero-order valence-electron chi connectivity index (χ0n) is 16.0. The van der Waals surface area contributed by atoms with E-state index in [0.29, 0.717) is 23.5 Å². The molecule has 4 rings (SSSR count). The number of carbonyl (C=O) groups excluding carboxylic acids is 1. The fourth-order valence-corrected chi connectivity index (χ4v) is 6.05. The van der Waals surface area contributed by atoms with Crippen molar-refractivity contribution in [2.24, 2.45) is 17.3 Å². The first-order chi connectivity index (χ1) is 12.4. The molecule has 3 aliphatic carbocycles. The highest BCUT2D eigenvalue weighted by molar-refractivity contribution is 5.66. The number of fused-ring (bicyclic) bond motifs is 5. The van der Waals surface area contributed by atoms with E-state index in [-0.39, 0.29) is 17.6 Å². The molecule has 0 spiro atoms. The van der Waals surface area contributed by atoms with Crippen molar-refractivity contribution in [2.75, 3.05) is 14.1 Å². The first-order valence-corrected chi connectivity index (χ1v) is 9.85. The minimum absolute atomic E-state index is 0.00890. The number of nitrogens with one attached hydrogen (secondary N) is 1. The number of phenols is 1. The zero-order chi connectivity index (χ0) is 18.5. The molecule has 5 heteroatoms. The number of benzene rings is 1. The predicted molar refractivity (Wildman–Crippen MR) is 99.8 cm³/mol. The van der Waals surface area contributed by atoms with Crippen molar-refractivity contribution >= 4 is 6.09 Å². The first-order valence-electron chi connectivity index (χ1n) is 9.85. The molecule has 1 aromatic rings. The lowest BCUT2D eigenvalue weighted by molar-refractivity contribution is -0.0350. The third kappa shape index (κ3) is 2.86. The molecule has 1 aromatic carbocycles. The maximum absolute atomic E-state index is 12.1. The quantitative estimate of drug-likeness (QED) is 0.789. The average Bonchev–Trinajstić information content (AvgIpc) is 2.90. The Hall–Kier alpha value is -1.75. The van der Waals surface area contributed by atoms with Crippen LogP contribution in [0.15, 0.2) is 18.2 Å². The van der Waals surface area contributed by atoms with Gasteiger partial charge < -0.3 is 9.84 Å². The van der Waals surface area contributed by atoms with E-state index in [4.69, 9.17) is 4.74 Å². The Morgan fingerprint density at radius 1 is 1.27 bits per heavy atom. The molecule has 0 saturated heterocycles. The summed E-state index contributed by atoms with van der Waals surface area (Å²) in [6.07, 6.45) is 6.24. The molecular weight excluding hydrogens is 328 g/mol. The van der Waals surface area contributed by atoms with Crippen LogP contribution in [-0.4, -0.2) is 36.4 Å². The molecule has 1 amide bonds. The number of aromatic hydroxyl groups is 1. The summed E-state index contributed by atoms with van der Waals surface area (Å²) < 4.78 is 5.83. The van der Waals surface area contributed by atoms with Gasteiger partial charge in [0.25, 0.3) is 0 Å². The van der Waals surface area contributed by atoms with Gasteiger partial charge in [-0.25, -0.2) is 9.80 Å². The van der Waals surface area contributed by atoms with Crippen LogP contribution in [0.2, 0.25) is 0 Å². The molecular formula is C21H30N2O3. The SMILES string of the molecule is CN(C)NC(=O)O[C@H]1CCC2C3CCc4cc(O)ccc4C3CCC21C. The third-order valence-corrected chi connectivity index (χ3v) is 7.19. The van der Waals surface area contributed by atoms with Gasteiger partial charge in [0.2, 0.25) is 0 Å². The number of carbonyl (C=O) groups is 1. The fraction of sp³-hybridized carbons (Fsp3) is 0.667. The maximum Gasteiger partial charge on any atom is 0.422 e. The third-order valence-electron chi connectivity index (χ3n) is 7.19. The molecule has 0 heterocycles. The van der Waals surface area contributed by atoms with Crippen molar-refractivity contribution in [1.29, 1.82) is 0 Å². The van der Waals surface area contributed by atoms with Crippen molar-refractivity contribution in [1.82, 2.24) is 10.4 Å². The van der Waals surface area contributed by atoms with Crippen LogP contribution >= 0.6 is 0 Å². The number of hydrazine groups is 1. The van der Waals surface area contributed by atoms with E-state index < -0.39 is 0 Å². The molecule has 142 valence electrons. The molecule has 2 N–H and O–H groups in total. The Kier molecular flexibility index (Phi) is 4.38. The van der Waals surface area contributed by atoms with E-state index in [1.165, 1.54) is 17.5 Å². The zero-order valence-corrected chi connectivity index (χ0v) is 16.0. The minimum atomic E-state index is -0.339. The minimum Gasteiger partial charge on any atom is -0.508 e. The maximum atomic E-state index is 12.1. The molecule has 0 aliphatic heterocycles. The van der Waals surface area contributed by atoms with E-state index in [9.17, 15) is 9.90 Å². The van der Waals surface area contributed by atoms with Crippen molar-refractivity contribution < 1.29 is 14.6 Å². The van der Waals surface area contributed by atoms with Gasteiger partial charge in [-0.3, -0.25) is 5.43 Å². The summed E-state index contributed by atoms with van der Waals surface area (Å²) in [5.74, 6) is 2.24. The van der Waals surface area contributed by atoms with Crippen LogP contribution in [0.5, 0.6) is 5.75 Å². The van der Waals surface area contributed by atoms with Crippen LogP contribution in [0, 0.1) is 17.3 Å². The van der Waals surface area contributed by atoms with Gasteiger partial charge in [0, 0.05) is 19.5 Å². The standard InChI is InChI=1S/C21H30N2O3/c1-21-11-10-16-15-7-5-14(24)12-13(15)4-6-17(16)18(21)8-9-19(21)26-20(25)22-23(2)3/h5,7,12,16-19,24H,4,6,8-11H2,1-3H3,(H,22,25)/t16?,17?,18?,19-,21?/m0/s1. The molecule has 0 aromatic heterocycles. The average molecular weight is 358 g/mol. The van der Waals surface area contributed by atoms with E-state index in [2.05, 4.69) is 18.4 Å². The van der Waals surface area contributed by atoms with Gasteiger partial charge in [-0.1, -0.05) is 13.0 Å². The number of nitrogens with zero attached hydrogens (tertiary/aromatic N) is 1. The van der Waals surface area contributed by atoms with E-state index in [1.54, 1.807) is 19.1 Å². The number of hydrogen-bond acceptors (Lipinski definition) is 4. The van der Waals surface area contributed by atoms with Crippen LogP contribution in [0.3, 0.4) is 0 Å². The van der Waals surface area contributed by atoms with Crippen LogP contribution in [0.25, 0.3) is 0 Å². The van der Waals surface area contributed by atoms with E-state index >= 15 is 0 Å². The molecule has 0 bridgehead atoms. The summed E-state index contributed by atoms with van der Waals surface area (Å²) in [4.78, 5) is 12.1. The molecule has 5 atom stereocenters. The van der Waals surface area contributed by atoms with Gasteiger partial charge in [-0.15, -0.1) is 0 Å². The van der Waals surface area contributed by atoms with Gasteiger partial charge in [-0.2, -0.15) is 0 Å². The lowest BCUT2D eigenvalue weighted by Gasteiger charge is -2.50. The van der Waals surface area contributed by atoms with Crippen LogP contribution in [0.1, 0.15) is 56.1 Å². The molecule has 26 heavy (non-hydrogen) atoms. The summed E-state index contributed by atoms with van der Waals surface area (Å²) in [7, 11) is 3.59. The Bertz CT molecular complexity index is 704. The monoisotopic (exact) mass is 358 g/mol. The molecule has 5 nitrogen and oxygen atoms in total. The normalized spacial score (nSPS) is 35.4. The fourth-order valence-electron chi connectivity index (χ4n) is 6.05. The smallest absolute Gasteiger partial charge is 0.422 e. The second-order valence-corrected chi connectivity index (χ2v) is 8.82. The lowest BCUT2D eigenvalue weighted by Crippen LogP contribution is -2.47. The van der Waals surface area contributed by atoms with E-state index in [0.717, 1.165) is 32.1 Å². The molecule has 2 saturated carbocycles. The second-order valence-electron chi connectivity index (χ2n) is 8.82. The largest absolute Gasteiger partial charge is 0.508 e. The Balaban J connectivity index is 1.53. The summed E-state index contributed by atoms with van der Waals surface area (Å²) in [5, 5.41) is 11.4. The summed E-state index contributed by atoms with van der Waals surface area (Å²) in [6.45, 7) is 2.33. The van der Waals surface area contributed by atoms with Gasteiger partial charge in [0.1, 0.15) is 11.9 Å². The lowest BCUT2D eigenvalue weighted by atomic mass is 9.55. The Labute approximate surface area is 155 Å². The topological polar surface area (TPSA) is 61.8 Å². The van der Waals surface area contributed by atoms with Gasteiger partial charge in [-0.05, 0) is 79.5 Å². The highest BCUT2D eigenvalue weighted by atomic mass is 16.6. The predicted octanol–water partition coefficient (Wildman–Crippen LogP) is 3.82. The highest BCUT2D eigenvalue weighted by Gasteiger charge is 2.56. The number of ether oxygens (including phenoxy) is 1. The second kappa shape index (κ2) is 6.45. The van der Waals surface area contributed by atoms with Gasteiger partial charge in [0.15, 0.2) is 0 Å². The number of hydrogen-bond donors (Lipinski definition) is 2. The number of rotatable bonds is 2. The number of amides is 1. The number of aryl methyl sites for hydroxylation is 1. The number of phenolic OH excluding ortho intramolecular Hbond substituents is 1. The van der Waals surface area contributed by atoms with Crippen LogP contribution in [0.4, 0.5) is 4.79 Å². The Morgan fingerprint density at radius 3 is 2.85 bits per heavy atom. The van der Waals surface area contributed by atoms with Gasteiger partial charge >= 0.3 is 6.09 Å². The van der Waals surface area contributed by atoms with Crippen molar-refractivity contribution in [3.63, 3.8) is 0 Å². The van der Waals surface area contributed by atoms with Gasteiger partial charge in [0.05, 0.1) is 0 Å². The molecule has 2 fully saturated rings. The summed E-state index contributed by atoms with van der Waals surface area (Å²) in [6, 6.07) is 5.92. The van der Waals surface area contributed by atoms with Crippen molar-refractivity contribution in [3.05, 3.63) is 29.3 Å². The van der Waals surface area contributed by atoms with Crippen molar-refractivity contribution in [3.8, 4) is 5.75 Å². The molecule has 4 unspecified atom stereocenters. The highest BCUT2D eigenvalue weighted by Crippen LogP contribution is 2.61. The summed E-state index contributed by atoms with van der Waals surface area (Å²) >= 11 is 0. The Morgan fingerprint density at radius 2 is 2.08 bits per heavy atom. The first kappa shape index (κ1) is 17.7. The summed E-state index contributed by atoms with van der Waals surface area (Å²) in [5.41, 5.74) is 5.55. The molecule has 0 radical (unpaired) electrons. The van der Waals surface area contributed by atoms with Crippen LogP contribution < -0.4 is 5.43 Å². The van der Waals surface area contributed by atoms with Crippen molar-refractivity contribution in [2.45, 2.75) is 57.5 Å². The van der Waals surface area contributed by atoms with E-state index in [1.807, 2.05) is 12.1 Å². The van der Waals surface area contributed by atoms with Crippen LogP contribution in [-0.2, 0) is 11.2 Å².